The second-order valence-corrected chi connectivity index (χ2v) is 5.93. The minimum atomic E-state index is -0.379. The molecule has 0 spiro atoms. The Morgan fingerprint density at radius 2 is 1.71 bits per heavy atom. The highest BCUT2D eigenvalue weighted by Gasteiger charge is 2.27. The number of benzene rings is 2. The number of hydrogen-bond acceptors (Lipinski definition) is 2. The van der Waals surface area contributed by atoms with Crippen molar-refractivity contribution in [3.8, 4) is 0 Å². The molecular weight excluding hydrogens is 307 g/mol. The Hall–Kier alpha value is -2.69. The molecule has 1 heterocycles. The third kappa shape index (κ3) is 3.79. The summed E-state index contributed by atoms with van der Waals surface area (Å²) >= 11 is 0. The molecule has 2 aromatic carbocycles. The molecule has 5 heteroatoms. The van der Waals surface area contributed by atoms with Crippen LogP contribution in [0.15, 0.2) is 54.6 Å². The van der Waals surface area contributed by atoms with Crippen LogP contribution >= 0.6 is 0 Å². The van der Waals surface area contributed by atoms with Gasteiger partial charge >= 0.3 is 0 Å². The molecule has 24 heavy (non-hydrogen) atoms. The first-order chi connectivity index (χ1) is 11.6. The average molecular weight is 326 g/mol. The maximum atomic E-state index is 13.2. The molecule has 0 radical (unpaired) electrons. The van der Waals surface area contributed by atoms with Gasteiger partial charge in [0.05, 0.1) is 0 Å². The van der Waals surface area contributed by atoms with E-state index in [9.17, 15) is 14.0 Å². The summed E-state index contributed by atoms with van der Waals surface area (Å²) < 4.78 is 13.2. The monoisotopic (exact) mass is 326 g/mol. The van der Waals surface area contributed by atoms with Crippen LogP contribution in [0.2, 0.25) is 0 Å². The molecule has 0 bridgehead atoms. The Bertz CT molecular complexity index is 725. The van der Waals surface area contributed by atoms with Gasteiger partial charge < -0.3 is 10.2 Å². The van der Waals surface area contributed by atoms with Crippen LogP contribution in [-0.2, 0) is 4.79 Å². The van der Waals surface area contributed by atoms with Gasteiger partial charge in [-0.1, -0.05) is 24.3 Å². The Morgan fingerprint density at radius 3 is 2.38 bits per heavy atom. The number of carbonyl (C=O) groups is 2. The topological polar surface area (TPSA) is 49.4 Å². The van der Waals surface area contributed by atoms with Gasteiger partial charge in [0.15, 0.2) is 0 Å². The summed E-state index contributed by atoms with van der Waals surface area (Å²) in [6.45, 7) is 1.10. The second-order valence-electron chi connectivity index (χ2n) is 5.93. The highest BCUT2D eigenvalue weighted by Crippen LogP contribution is 2.21. The first-order valence-electron chi connectivity index (χ1n) is 8.04. The number of hydrogen-bond donors (Lipinski definition) is 1. The molecule has 124 valence electrons. The Morgan fingerprint density at radius 1 is 1.00 bits per heavy atom. The SMILES string of the molecule is O=C(Nc1cccc(F)c1)C1CCN(C(=O)c2ccccc2)CC1. The van der Waals surface area contributed by atoms with E-state index in [2.05, 4.69) is 5.32 Å². The van der Waals surface area contributed by atoms with E-state index in [1.807, 2.05) is 18.2 Å². The summed E-state index contributed by atoms with van der Waals surface area (Å²) in [5, 5.41) is 2.75. The van der Waals surface area contributed by atoms with Gasteiger partial charge in [0, 0.05) is 30.3 Å². The number of anilines is 1. The zero-order valence-electron chi connectivity index (χ0n) is 13.2. The summed E-state index contributed by atoms with van der Waals surface area (Å²) in [4.78, 5) is 26.5. The van der Waals surface area contributed by atoms with Gasteiger partial charge in [0.2, 0.25) is 5.91 Å². The molecule has 1 N–H and O–H groups in total. The number of piperidine rings is 1. The van der Waals surface area contributed by atoms with Crippen LogP contribution < -0.4 is 5.32 Å². The molecule has 1 saturated heterocycles. The van der Waals surface area contributed by atoms with E-state index in [0.29, 0.717) is 37.2 Å². The van der Waals surface area contributed by atoms with Gasteiger partial charge in [-0.15, -0.1) is 0 Å². The third-order valence-electron chi connectivity index (χ3n) is 4.27. The van der Waals surface area contributed by atoms with Crippen LogP contribution in [0.4, 0.5) is 10.1 Å². The van der Waals surface area contributed by atoms with Crippen molar-refractivity contribution in [2.45, 2.75) is 12.8 Å². The van der Waals surface area contributed by atoms with Crippen LogP contribution in [-0.4, -0.2) is 29.8 Å². The maximum absolute atomic E-state index is 13.2. The summed E-state index contributed by atoms with van der Waals surface area (Å²) in [6.07, 6.45) is 1.22. The summed E-state index contributed by atoms with van der Waals surface area (Å²) in [7, 11) is 0. The number of halogens is 1. The molecule has 0 atom stereocenters. The fraction of sp³-hybridized carbons (Fsp3) is 0.263. The van der Waals surface area contributed by atoms with Crippen molar-refractivity contribution in [3.63, 3.8) is 0 Å². The van der Waals surface area contributed by atoms with Gasteiger partial charge in [0.25, 0.3) is 5.91 Å². The predicted molar refractivity (Wildman–Crippen MR) is 90.1 cm³/mol. The molecule has 1 fully saturated rings. The van der Waals surface area contributed by atoms with E-state index in [-0.39, 0.29) is 23.5 Å². The first-order valence-corrected chi connectivity index (χ1v) is 8.04. The van der Waals surface area contributed by atoms with Crippen LogP contribution in [0.25, 0.3) is 0 Å². The fourth-order valence-corrected chi connectivity index (χ4v) is 2.92. The van der Waals surface area contributed by atoms with Gasteiger partial charge in [-0.2, -0.15) is 0 Å². The average Bonchev–Trinajstić information content (AvgIpc) is 2.62. The predicted octanol–water partition coefficient (Wildman–Crippen LogP) is 3.32. The van der Waals surface area contributed by atoms with Crippen molar-refractivity contribution in [2.75, 3.05) is 18.4 Å². The van der Waals surface area contributed by atoms with Gasteiger partial charge in [-0.3, -0.25) is 9.59 Å². The molecule has 3 rings (SSSR count). The number of nitrogens with zero attached hydrogens (tertiary/aromatic N) is 1. The largest absolute Gasteiger partial charge is 0.339 e. The normalized spacial score (nSPS) is 15.1. The zero-order valence-corrected chi connectivity index (χ0v) is 13.2. The van der Waals surface area contributed by atoms with Gasteiger partial charge in [0.1, 0.15) is 5.82 Å². The molecule has 0 unspecified atom stereocenters. The lowest BCUT2D eigenvalue weighted by Gasteiger charge is -2.31. The first kappa shape index (κ1) is 16.2. The summed E-state index contributed by atoms with van der Waals surface area (Å²) in [5.41, 5.74) is 1.13. The summed E-state index contributed by atoms with van der Waals surface area (Å²) in [5.74, 6) is -0.656. The molecule has 1 aliphatic heterocycles. The van der Waals surface area contributed by atoms with Crippen LogP contribution in [0.3, 0.4) is 0 Å². The minimum Gasteiger partial charge on any atom is -0.339 e. The van der Waals surface area contributed by atoms with Crippen molar-refractivity contribution < 1.29 is 14.0 Å². The van der Waals surface area contributed by atoms with Crippen LogP contribution in [0, 0.1) is 11.7 Å². The van der Waals surface area contributed by atoms with Crippen molar-refractivity contribution in [1.82, 2.24) is 4.90 Å². The Balaban J connectivity index is 1.55. The van der Waals surface area contributed by atoms with E-state index in [1.54, 1.807) is 29.2 Å². The number of nitrogens with one attached hydrogen (secondary N) is 1. The minimum absolute atomic E-state index is 0.000381. The standard InChI is InChI=1S/C19H19FN2O2/c20-16-7-4-8-17(13-16)21-18(23)14-9-11-22(12-10-14)19(24)15-5-2-1-3-6-15/h1-8,13-14H,9-12H2,(H,21,23). The molecule has 4 nitrogen and oxygen atoms in total. The van der Waals surface area contributed by atoms with Crippen LogP contribution in [0.5, 0.6) is 0 Å². The highest BCUT2D eigenvalue weighted by molar-refractivity contribution is 5.95. The van der Waals surface area contributed by atoms with Crippen molar-refractivity contribution in [2.24, 2.45) is 5.92 Å². The van der Waals surface area contributed by atoms with Crippen molar-refractivity contribution in [3.05, 3.63) is 66.0 Å². The van der Waals surface area contributed by atoms with E-state index < -0.39 is 0 Å². The van der Waals surface area contributed by atoms with Gasteiger partial charge in [-0.25, -0.2) is 4.39 Å². The zero-order chi connectivity index (χ0) is 16.9. The molecular formula is C19H19FN2O2. The van der Waals surface area contributed by atoms with E-state index >= 15 is 0 Å². The fourth-order valence-electron chi connectivity index (χ4n) is 2.92. The quantitative estimate of drug-likeness (QED) is 0.941. The smallest absolute Gasteiger partial charge is 0.253 e. The molecule has 0 aromatic heterocycles. The molecule has 2 aromatic rings. The number of amides is 2. The van der Waals surface area contributed by atoms with Crippen molar-refractivity contribution >= 4 is 17.5 Å². The Labute approximate surface area is 140 Å². The molecule has 2 amide bonds. The lowest BCUT2D eigenvalue weighted by atomic mass is 9.95. The molecule has 0 saturated carbocycles. The maximum Gasteiger partial charge on any atom is 0.253 e. The second kappa shape index (κ2) is 7.25. The van der Waals surface area contributed by atoms with Gasteiger partial charge in [-0.05, 0) is 43.2 Å². The van der Waals surface area contributed by atoms with E-state index in [1.165, 1.54) is 12.1 Å². The van der Waals surface area contributed by atoms with E-state index in [0.717, 1.165) is 0 Å². The Kier molecular flexibility index (Phi) is 4.89. The van der Waals surface area contributed by atoms with Crippen molar-refractivity contribution in [1.29, 1.82) is 0 Å². The molecule has 1 aliphatic rings. The van der Waals surface area contributed by atoms with E-state index in [4.69, 9.17) is 0 Å². The lowest BCUT2D eigenvalue weighted by Crippen LogP contribution is -2.41. The van der Waals surface area contributed by atoms with Crippen LogP contribution in [0.1, 0.15) is 23.2 Å². The number of likely N-dealkylation sites (tertiary alicyclic amines) is 1. The summed E-state index contributed by atoms with van der Waals surface area (Å²) in [6, 6.07) is 15.0. The number of rotatable bonds is 3. The molecule has 0 aliphatic carbocycles. The number of carbonyl (C=O) groups excluding carboxylic acids is 2. The lowest BCUT2D eigenvalue weighted by molar-refractivity contribution is -0.121. The third-order valence-corrected chi connectivity index (χ3v) is 4.27. The highest BCUT2D eigenvalue weighted by atomic mass is 19.1.